The van der Waals surface area contributed by atoms with Crippen LogP contribution in [-0.4, -0.2) is 15.1 Å². The number of hydrogen-bond acceptors (Lipinski definition) is 6. The molecule has 5 nitrogen and oxygen atoms in total. The highest BCUT2D eigenvalue weighted by Crippen LogP contribution is 2.39. The van der Waals surface area contributed by atoms with Gasteiger partial charge in [0.2, 0.25) is 5.88 Å². The summed E-state index contributed by atoms with van der Waals surface area (Å²) in [6.07, 6.45) is -3.11. The molecule has 3 rings (SSSR count). The molecule has 0 aliphatic rings. The Morgan fingerprint density at radius 2 is 1.83 bits per heavy atom. The van der Waals surface area contributed by atoms with Gasteiger partial charge in [0.25, 0.3) is 0 Å². The van der Waals surface area contributed by atoms with E-state index < -0.39 is 18.5 Å². The number of halogens is 3. The summed E-state index contributed by atoms with van der Waals surface area (Å²) < 4.78 is 45.2. The lowest BCUT2D eigenvalue weighted by Crippen LogP contribution is -2.12. The molecule has 0 saturated heterocycles. The van der Waals surface area contributed by atoms with Crippen molar-refractivity contribution in [3.63, 3.8) is 0 Å². The summed E-state index contributed by atoms with van der Waals surface area (Å²) in [6.45, 7) is 5.41. The number of aliphatic hydroxyl groups is 1. The molecule has 2 aromatic heterocycles. The van der Waals surface area contributed by atoms with Crippen LogP contribution < -0.4 is 10.1 Å². The van der Waals surface area contributed by atoms with E-state index in [4.69, 9.17) is 4.74 Å². The summed E-state index contributed by atoms with van der Waals surface area (Å²) in [4.78, 5) is 7.54. The number of anilines is 2. The molecule has 0 fully saturated rings. The van der Waals surface area contributed by atoms with E-state index in [1.54, 1.807) is 12.1 Å². The van der Waals surface area contributed by atoms with E-state index >= 15 is 0 Å². The number of benzene rings is 1. The number of rotatable bonds is 5. The minimum Gasteiger partial charge on any atom is -0.437 e. The zero-order chi connectivity index (χ0) is 21.2. The van der Waals surface area contributed by atoms with E-state index in [0.29, 0.717) is 11.4 Å². The second kappa shape index (κ2) is 8.00. The molecule has 0 unspecified atom stereocenters. The van der Waals surface area contributed by atoms with Crippen LogP contribution in [0.2, 0.25) is 0 Å². The first-order chi connectivity index (χ1) is 13.6. The molecular weight excluding hydrogens is 403 g/mol. The highest BCUT2D eigenvalue weighted by molar-refractivity contribution is 7.15. The van der Waals surface area contributed by atoms with E-state index in [9.17, 15) is 18.3 Å². The predicted molar refractivity (Wildman–Crippen MR) is 106 cm³/mol. The Hall–Kier alpha value is -2.65. The van der Waals surface area contributed by atoms with Crippen LogP contribution in [0.1, 0.15) is 36.9 Å². The molecule has 9 heteroatoms. The number of nitrogens with zero attached hydrogens (tertiary/aromatic N) is 2. The van der Waals surface area contributed by atoms with Gasteiger partial charge in [0, 0.05) is 11.8 Å². The maximum atomic E-state index is 13.1. The highest BCUT2D eigenvalue weighted by Gasteiger charge is 2.37. The largest absolute Gasteiger partial charge is 0.437 e. The molecule has 2 heterocycles. The molecule has 0 radical (unpaired) electrons. The number of ether oxygens (including phenoxy) is 1. The van der Waals surface area contributed by atoms with Crippen LogP contribution in [0.5, 0.6) is 11.6 Å². The van der Waals surface area contributed by atoms with Crippen LogP contribution in [0.15, 0.2) is 42.6 Å². The number of pyridine rings is 1. The molecule has 0 atom stereocenters. The molecule has 0 saturated carbocycles. The van der Waals surface area contributed by atoms with Crippen molar-refractivity contribution >= 4 is 22.2 Å². The minimum atomic E-state index is -4.64. The molecule has 3 aromatic rings. The molecule has 29 heavy (non-hydrogen) atoms. The summed E-state index contributed by atoms with van der Waals surface area (Å²) in [5, 5.41) is 12.0. The summed E-state index contributed by atoms with van der Waals surface area (Å²) in [7, 11) is 0. The average Bonchev–Trinajstić information content (AvgIpc) is 3.06. The Kier molecular flexibility index (Phi) is 5.81. The predicted octanol–water partition coefficient (Wildman–Crippen LogP) is 5.88. The SMILES string of the molecule is CC(C)(C)c1ccccc1Oc1ncccc1Nc1nc(C(F)(F)F)c(CO)s1. The van der Waals surface area contributed by atoms with E-state index in [2.05, 4.69) is 36.1 Å². The standard InChI is InChI=1S/C20H20F3N3O2S/c1-19(2,3)12-7-4-5-9-14(12)28-17-13(8-6-10-24-17)25-18-26-16(20(21,22)23)15(11-27)29-18/h4-10,27H,11H2,1-3H3,(H,25,26). The molecule has 0 bridgehead atoms. The number of alkyl halides is 3. The number of thiazole rings is 1. The third kappa shape index (κ3) is 4.86. The minimum absolute atomic E-state index is 0.0108. The van der Waals surface area contributed by atoms with Gasteiger partial charge >= 0.3 is 6.18 Å². The Morgan fingerprint density at radius 3 is 2.45 bits per heavy atom. The average molecular weight is 423 g/mol. The van der Waals surface area contributed by atoms with E-state index in [0.717, 1.165) is 16.9 Å². The third-order valence-corrected chi connectivity index (χ3v) is 4.98. The van der Waals surface area contributed by atoms with Crippen molar-refractivity contribution in [3.05, 3.63) is 58.7 Å². The topological polar surface area (TPSA) is 67.3 Å². The maximum absolute atomic E-state index is 13.1. The lowest BCUT2D eigenvalue weighted by molar-refractivity contribution is -0.141. The molecule has 1 aromatic carbocycles. The van der Waals surface area contributed by atoms with Crippen molar-refractivity contribution in [1.82, 2.24) is 9.97 Å². The van der Waals surface area contributed by atoms with E-state index in [-0.39, 0.29) is 21.3 Å². The van der Waals surface area contributed by atoms with Gasteiger partial charge in [-0.25, -0.2) is 9.97 Å². The second-order valence-corrected chi connectivity index (χ2v) is 8.36. The van der Waals surface area contributed by atoms with Crippen molar-refractivity contribution in [1.29, 1.82) is 0 Å². The number of para-hydroxylation sites is 1. The van der Waals surface area contributed by atoms with Gasteiger partial charge in [0.1, 0.15) is 11.4 Å². The first-order valence-corrected chi connectivity index (χ1v) is 9.58. The van der Waals surface area contributed by atoms with E-state index in [1.165, 1.54) is 6.20 Å². The molecular formula is C20H20F3N3O2S. The first-order valence-electron chi connectivity index (χ1n) is 8.76. The smallest absolute Gasteiger partial charge is 0.434 e. The zero-order valence-electron chi connectivity index (χ0n) is 16.0. The van der Waals surface area contributed by atoms with Crippen LogP contribution in [-0.2, 0) is 18.2 Å². The fourth-order valence-corrected chi connectivity index (χ4v) is 3.55. The van der Waals surface area contributed by atoms with Crippen molar-refractivity contribution in [2.75, 3.05) is 5.32 Å². The monoisotopic (exact) mass is 423 g/mol. The molecule has 154 valence electrons. The number of nitrogens with one attached hydrogen (secondary N) is 1. The normalized spacial score (nSPS) is 12.1. The fourth-order valence-electron chi connectivity index (χ4n) is 2.70. The first kappa shape index (κ1) is 21.1. The van der Waals surface area contributed by atoms with Gasteiger partial charge in [-0.05, 0) is 23.6 Å². The van der Waals surface area contributed by atoms with Gasteiger partial charge in [-0.3, -0.25) is 0 Å². The second-order valence-electron chi connectivity index (χ2n) is 7.28. The van der Waals surface area contributed by atoms with Crippen LogP contribution in [0.4, 0.5) is 24.0 Å². The Morgan fingerprint density at radius 1 is 1.10 bits per heavy atom. The van der Waals surface area contributed by atoms with Crippen LogP contribution >= 0.6 is 11.3 Å². The maximum Gasteiger partial charge on any atom is 0.434 e. The van der Waals surface area contributed by atoms with Crippen molar-refractivity contribution in [2.24, 2.45) is 0 Å². The van der Waals surface area contributed by atoms with Gasteiger partial charge < -0.3 is 15.2 Å². The Bertz CT molecular complexity index is 997. The summed E-state index contributed by atoms with van der Waals surface area (Å²) in [5.74, 6) is 0.812. The number of aromatic nitrogens is 2. The van der Waals surface area contributed by atoms with Gasteiger partial charge in [-0.2, -0.15) is 13.2 Å². The molecule has 0 aliphatic carbocycles. The number of hydrogen-bond donors (Lipinski definition) is 2. The summed E-state index contributed by atoms with van der Waals surface area (Å²) in [5.41, 5.74) is 0.0548. The molecule has 0 aliphatic heterocycles. The van der Waals surface area contributed by atoms with Crippen LogP contribution in [0.25, 0.3) is 0 Å². The van der Waals surface area contributed by atoms with Crippen molar-refractivity contribution < 1.29 is 23.0 Å². The van der Waals surface area contributed by atoms with Gasteiger partial charge in [-0.1, -0.05) is 50.3 Å². The zero-order valence-corrected chi connectivity index (χ0v) is 16.9. The lowest BCUT2D eigenvalue weighted by atomic mass is 9.86. The van der Waals surface area contributed by atoms with Crippen molar-refractivity contribution in [2.45, 2.75) is 39.0 Å². The van der Waals surface area contributed by atoms with Crippen LogP contribution in [0, 0.1) is 0 Å². The summed E-state index contributed by atoms with van der Waals surface area (Å²) >= 11 is 0.728. The quantitative estimate of drug-likeness (QED) is 0.536. The van der Waals surface area contributed by atoms with E-state index in [1.807, 2.05) is 24.3 Å². The van der Waals surface area contributed by atoms with Gasteiger partial charge in [0.15, 0.2) is 10.8 Å². The fraction of sp³-hybridized carbons (Fsp3) is 0.300. The Balaban J connectivity index is 1.93. The molecule has 2 N–H and O–H groups in total. The summed E-state index contributed by atoms with van der Waals surface area (Å²) in [6, 6.07) is 10.8. The Labute approximate surface area is 170 Å². The van der Waals surface area contributed by atoms with Crippen LogP contribution in [0.3, 0.4) is 0 Å². The van der Waals surface area contributed by atoms with Gasteiger partial charge in [0.05, 0.1) is 11.5 Å². The van der Waals surface area contributed by atoms with Crippen molar-refractivity contribution in [3.8, 4) is 11.6 Å². The van der Waals surface area contributed by atoms with Gasteiger partial charge in [-0.15, -0.1) is 0 Å². The number of aliphatic hydroxyl groups excluding tert-OH is 1. The molecule has 0 amide bonds. The molecule has 0 spiro atoms. The third-order valence-electron chi connectivity index (χ3n) is 4.02. The lowest BCUT2D eigenvalue weighted by Gasteiger charge is -2.22. The highest BCUT2D eigenvalue weighted by atomic mass is 32.1.